The molecule has 0 saturated carbocycles. The molecule has 1 aromatic rings. The average molecular weight is 322 g/mol. The van der Waals surface area contributed by atoms with Crippen molar-refractivity contribution in [3.05, 3.63) is 35.9 Å². The van der Waals surface area contributed by atoms with Crippen LogP contribution in [0.25, 0.3) is 0 Å². The summed E-state index contributed by atoms with van der Waals surface area (Å²) in [4.78, 5) is 37.1. The van der Waals surface area contributed by atoms with Gasteiger partial charge in [-0.05, 0) is 26.0 Å². The maximum Gasteiger partial charge on any atom is 0.362 e. The van der Waals surface area contributed by atoms with E-state index in [1.165, 1.54) is 12.1 Å². The molecule has 0 aliphatic carbocycles. The molecule has 0 N–H and O–H groups in total. The van der Waals surface area contributed by atoms with Crippen molar-refractivity contribution in [3.63, 3.8) is 0 Å². The van der Waals surface area contributed by atoms with Crippen LogP contribution < -0.4 is 0 Å². The highest BCUT2D eigenvalue weighted by Crippen LogP contribution is 2.27. The molecular weight excluding hydrogens is 300 g/mol. The smallest absolute Gasteiger partial charge is 0.362 e. The summed E-state index contributed by atoms with van der Waals surface area (Å²) in [5, 5.41) is 0. The number of hydrogen-bond donors (Lipinski definition) is 0. The van der Waals surface area contributed by atoms with E-state index in [1.807, 2.05) is 0 Å². The van der Waals surface area contributed by atoms with Crippen molar-refractivity contribution in [2.45, 2.75) is 33.3 Å². The van der Waals surface area contributed by atoms with Crippen LogP contribution in [0.3, 0.4) is 0 Å². The fourth-order valence-electron chi connectivity index (χ4n) is 2.01. The third-order valence-electron chi connectivity index (χ3n) is 3.23. The van der Waals surface area contributed by atoms with Crippen molar-refractivity contribution in [3.8, 4) is 0 Å². The van der Waals surface area contributed by atoms with Gasteiger partial charge in [-0.15, -0.1) is 0 Å². The Kier molecular flexibility index (Phi) is 6.75. The van der Waals surface area contributed by atoms with Gasteiger partial charge in [-0.3, -0.25) is 0 Å². The lowest BCUT2D eigenvalue weighted by Crippen LogP contribution is -2.56. The summed E-state index contributed by atoms with van der Waals surface area (Å²) in [6.07, 6.45) is 0. The van der Waals surface area contributed by atoms with Crippen molar-refractivity contribution >= 4 is 17.9 Å². The number of benzene rings is 1. The molecule has 0 radical (unpaired) electrons. The van der Waals surface area contributed by atoms with E-state index in [0.29, 0.717) is 0 Å². The van der Waals surface area contributed by atoms with Gasteiger partial charge in [0.15, 0.2) is 0 Å². The molecule has 1 aromatic carbocycles. The number of rotatable bonds is 7. The van der Waals surface area contributed by atoms with Crippen LogP contribution in [0, 0.1) is 5.92 Å². The topological polar surface area (TPSA) is 78.9 Å². The minimum atomic E-state index is -2.13. The molecule has 0 atom stereocenters. The molecule has 1 rings (SSSR count). The highest BCUT2D eigenvalue weighted by molar-refractivity contribution is 6.07. The molecule has 0 aliphatic rings. The molecule has 126 valence electrons. The standard InChI is InChI=1S/C17H22O6/c1-5-21-15(19)17(12(3)4,16(20)22-6-2)23-14(18)13-10-8-7-9-11-13/h7-12H,5-6H2,1-4H3. The zero-order chi connectivity index (χ0) is 17.5. The quantitative estimate of drug-likeness (QED) is 0.435. The van der Waals surface area contributed by atoms with Crippen LogP contribution >= 0.6 is 0 Å². The van der Waals surface area contributed by atoms with Gasteiger partial charge in [0.2, 0.25) is 0 Å². The van der Waals surface area contributed by atoms with E-state index in [1.54, 1.807) is 45.9 Å². The molecule has 0 heterocycles. The van der Waals surface area contributed by atoms with Crippen molar-refractivity contribution in [1.82, 2.24) is 0 Å². The number of ether oxygens (including phenoxy) is 3. The Morgan fingerprint density at radius 2 is 1.43 bits per heavy atom. The lowest BCUT2D eigenvalue weighted by molar-refractivity contribution is -0.189. The van der Waals surface area contributed by atoms with Crippen LogP contribution in [-0.2, 0) is 23.8 Å². The molecule has 0 unspecified atom stereocenters. The van der Waals surface area contributed by atoms with E-state index in [0.717, 1.165) is 0 Å². The number of carbonyl (C=O) groups excluding carboxylic acids is 3. The summed E-state index contributed by atoms with van der Waals surface area (Å²) in [6, 6.07) is 8.11. The molecule has 6 nitrogen and oxygen atoms in total. The first-order valence-electron chi connectivity index (χ1n) is 7.52. The van der Waals surface area contributed by atoms with Gasteiger partial charge in [-0.1, -0.05) is 32.0 Å². The van der Waals surface area contributed by atoms with Gasteiger partial charge in [0, 0.05) is 5.92 Å². The fourth-order valence-corrected chi connectivity index (χ4v) is 2.01. The van der Waals surface area contributed by atoms with Gasteiger partial charge in [-0.25, -0.2) is 14.4 Å². The molecule has 0 aromatic heterocycles. The summed E-state index contributed by atoms with van der Waals surface area (Å²) in [7, 11) is 0. The van der Waals surface area contributed by atoms with Crippen LogP contribution in [0.2, 0.25) is 0 Å². The molecule has 0 bridgehead atoms. The maximum atomic E-state index is 12.4. The highest BCUT2D eigenvalue weighted by Gasteiger charge is 2.56. The van der Waals surface area contributed by atoms with E-state index in [-0.39, 0.29) is 18.8 Å². The Labute approximate surface area is 135 Å². The lowest BCUT2D eigenvalue weighted by Gasteiger charge is -2.31. The minimum absolute atomic E-state index is 0.0512. The van der Waals surface area contributed by atoms with Gasteiger partial charge in [0.25, 0.3) is 0 Å². The Hall–Kier alpha value is -2.37. The van der Waals surface area contributed by atoms with E-state index in [2.05, 4.69) is 0 Å². The van der Waals surface area contributed by atoms with Crippen molar-refractivity contribution in [2.24, 2.45) is 5.92 Å². The SMILES string of the molecule is CCOC(=O)C(OC(=O)c1ccccc1)(C(=O)OCC)C(C)C. The van der Waals surface area contributed by atoms with Gasteiger partial charge in [-0.2, -0.15) is 0 Å². The summed E-state index contributed by atoms with van der Waals surface area (Å²) in [5.41, 5.74) is -1.90. The third kappa shape index (κ3) is 4.09. The first-order chi connectivity index (χ1) is 10.9. The Morgan fingerprint density at radius 1 is 0.957 bits per heavy atom. The molecule has 0 amide bonds. The normalized spacial score (nSPS) is 11.0. The number of carbonyl (C=O) groups is 3. The number of esters is 3. The molecule has 6 heteroatoms. The largest absolute Gasteiger partial charge is 0.463 e. The van der Waals surface area contributed by atoms with Gasteiger partial charge < -0.3 is 14.2 Å². The Balaban J connectivity index is 3.23. The van der Waals surface area contributed by atoms with E-state index >= 15 is 0 Å². The molecule has 23 heavy (non-hydrogen) atoms. The fraction of sp³-hybridized carbons (Fsp3) is 0.471. The number of hydrogen-bond acceptors (Lipinski definition) is 6. The van der Waals surface area contributed by atoms with Crippen LogP contribution in [0.1, 0.15) is 38.1 Å². The average Bonchev–Trinajstić information content (AvgIpc) is 2.53. The summed E-state index contributed by atoms with van der Waals surface area (Å²) in [5.74, 6) is -3.32. The second-order valence-electron chi connectivity index (χ2n) is 5.09. The molecule has 0 fully saturated rings. The monoisotopic (exact) mass is 322 g/mol. The lowest BCUT2D eigenvalue weighted by atomic mass is 9.89. The van der Waals surface area contributed by atoms with Gasteiger partial charge in [0.05, 0.1) is 18.8 Å². The van der Waals surface area contributed by atoms with E-state index in [4.69, 9.17) is 14.2 Å². The van der Waals surface area contributed by atoms with Crippen LogP contribution in [0.5, 0.6) is 0 Å². The van der Waals surface area contributed by atoms with Crippen LogP contribution in [-0.4, -0.2) is 36.7 Å². The van der Waals surface area contributed by atoms with Gasteiger partial charge >= 0.3 is 23.5 Å². The summed E-state index contributed by atoms with van der Waals surface area (Å²) in [6.45, 7) is 6.49. The predicted molar refractivity (Wildman–Crippen MR) is 82.7 cm³/mol. The first kappa shape index (κ1) is 18.7. The highest BCUT2D eigenvalue weighted by atomic mass is 16.6. The van der Waals surface area contributed by atoms with Crippen molar-refractivity contribution in [2.75, 3.05) is 13.2 Å². The summed E-state index contributed by atoms with van der Waals surface area (Å²) >= 11 is 0. The molecular formula is C17H22O6. The molecule has 0 aliphatic heterocycles. The predicted octanol–water partition coefficient (Wildman–Crippen LogP) is 2.36. The Bertz CT molecular complexity index is 531. The van der Waals surface area contributed by atoms with Crippen molar-refractivity contribution < 1.29 is 28.6 Å². The minimum Gasteiger partial charge on any atom is -0.463 e. The zero-order valence-electron chi connectivity index (χ0n) is 13.8. The second kappa shape index (κ2) is 8.31. The second-order valence-corrected chi connectivity index (χ2v) is 5.09. The van der Waals surface area contributed by atoms with Crippen LogP contribution in [0.4, 0.5) is 0 Å². The van der Waals surface area contributed by atoms with Crippen molar-refractivity contribution in [1.29, 1.82) is 0 Å². The third-order valence-corrected chi connectivity index (χ3v) is 3.23. The first-order valence-corrected chi connectivity index (χ1v) is 7.52. The van der Waals surface area contributed by atoms with Gasteiger partial charge in [0.1, 0.15) is 0 Å². The molecule has 0 saturated heterocycles. The maximum absolute atomic E-state index is 12.4. The Morgan fingerprint density at radius 3 is 1.83 bits per heavy atom. The molecule has 0 spiro atoms. The summed E-state index contributed by atoms with van der Waals surface area (Å²) < 4.78 is 15.2. The van der Waals surface area contributed by atoms with Crippen LogP contribution in [0.15, 0.2) is 30.3 Å². The van der Waals surface area contributed by atoms with E-state index in [9.17, 15) is 14.4 Å². The zero-order valence-corrected chi connectivity index (χ0v) is 13.8. The van der Waals surface area contributed by atoms with E-state index < -0.39 is 29.4 Å².